The Bertz CT molecular complexity index is 1000. The predicted molar refractivity (Wildman–Crippen MR) is 103 cm³/mol. The van der Waals surface area contributed by atoms with Crippen molar-refractivity contribution in [1.29, 1.82) is 0 Å². The average Bonchev–Trinajstić information content (AvgIpc) is 3.01. The molecule has 124 valence electrons. The second-order valence-corrected chi connectivity index (χ2v) is 7.05. The maximum Gasteiger partial charge on any atom is 0.148 e. The van der Waals surface area contributed by atoms with Gasteiger partial charge in [0.1, 0.15) is 17.2 Å². The third-order valence-electron chi connectivity index (χ3n) is 4.14. The maximum absolute atomic E-state index is 13.3. The first kappa shape index (κ1) is 16.0. The summed E-state index contributed by atoms with van der Waals surface area (Å²) in [5.74, 6) is 1.52. The standard InChI is InChI=1S/C22H17FOS/c1-2-25-22-19-14-17(15-6-4-3-5-7-15)10-13-20(19)24-21(22)16-8-11-18(23)12-9-16/h3-14H,2H2,1H3. The molecule has 0 bridgehead atoms. The van der Waals surface area contributed by atoms with Gasteiger partial charge in [-0.25, -0.2) is 4.39 Å². The van der Waals surface area contributed by atoms with Gasteiger partial charge in [-0.05, 0) is 53.3 Å². The number of halogens is 1. The molecule has 0 radical (unpaired) electrons. The van der Waals surface area contributed by atoms with E-state index < -0.39 is 0 Å². The average molecular weight is 348 g/mol. The molecule has 0 fully saturated rings. The van der Waals surface area contributed by atoms with Gasteiger partial charge in [-0.3, -0.25) is 0 Å². The molecule has 0 saturated carbocycles. The van der Waals surface area contributed by atoms with Crippen LogP contribution < -0.4 is 0 Å². The Morgan fingerprint density at radius 3 is 2.28 bits per heavy atom. The SMILES string of the molecule is CCSc1c(-c2ccc(F)cc2)oc2ccc(-c3ccccc3)cc12. The highest BCUT2D eigenvalue weighted by molar-refractivity contribution is 7.99. The molecule has 3 heteroatoms. The summed E-state index contributed by atoms with van der Waals surface area (Å²) in [6.45, 7) is 2.12. The summed E-state index contributed by atoms with van der Waals surface area (Å²) in [7, 11) is 0. The normalized spacial score (nSPS) is 11.1. The van der Waals surface area contributed by atoms with E-state index in [2.05, 4.69) is 31.2 Å². The molecular weight excluding hydrogens is 331 g/mol. The van der Waals surface area contributed by atoms with E-state index in [0.717, 1.165) is 38.5 Å². The van der Waals surface area contributed by atoms with Crippen LogP contribution in [0, 0.1) is 5.82 Å². The van der Waals surface area contributed by atoms with Gasteiger partial charge in [0.25, 0.3) is 0 Å². The van der Waals surface area contributed by atoms with Crippen molar-refractivity contribution in [3.8, 4) is 22.5 Å². The molecule has 0 amide bonds. The Kier molecular flexibility index (Phi) is 4.33. The van der Waals surface area contributed by atoms with Crippen LogP contribution >= 0.6 is 11.8 Å². The van der Waals surface area contributed by atoms with Crippen molar-refractivity contribution >= 4 is 22.7 Å². The number of thioether (sulfide) groups is 1. The van der Waals surface area contributed by atoms with Crippen molar-refractivity contribution in [2.75, 3.05) is 5.75 Å². The van der Waals surface area contributed by atoms with Gasteiger partial charge in [-0.1, -0.05) is 43.3 Å². The quantitative estimate of drug-likeness (QED) is 0.368. The van der Waals surface area contributed by atoms with E-state index in [1.54, 1.807) is 23.9 Å². The minimum atomic E-state index is -0.240. The summed E-state index contributed by atoms with van der Waals surface area (Å²) in [5.41, 5.74) is 4.10. The van der Waals surface area contributed by atoms with Crippen LogP contribution in [0.5, 0.6) is 0 Å². The summed E-state index contributed by atoms with van der Waals surface area (Å²) in [6.07, 6.45) is 0. The van der Waals surface area contributed by atoms with E-state index in [0.29, 0.717) is 0 Å². The minimum Gasteiger partial charge on any atom is -0.455 e. The Morgan fingerprint density at radius 2 is 1.56 bits per heavy atom. The predicted octanol–water partition coefficient (Wildman–Crippen LogP) is 7.02. The van der Waals surface area contributed by atoms with Gasteiger partial charge in [0.15, 0.2) is 0 Å². The molecule has 0 aliphatic heterocycles. The van der Waals surface area contributed by atoms with Crippen LogP contribution in [0.2, 0.25) is 0 Å². The lowest BCUT2D eigenvalue weighted by Gasteiger charge is -2.03. The molecule has 3 aromatic carbocycles. The van der Waals surface area contributed by atoms with Crippen LogP contribution in [0.3, 0.4) is 0 Å². The summed E-state index contributed by atoms with van der Waals surface area (Å²) in [6, 6.07) is 23.1. The van der Waals surface area contributed by atoms with E-state index in [1.807, 2.05) is 24.3 Å². The molecular formula is C22H17FOS. The largest absolute Gasteiger partial charge is 0.455 e. The number of fused-ring (bicyclic) bond motifs is 1. The fraction of sp³-hybridized carbons (Fsp3) is 0.0909. The van der Waals surface area contributed by atoms with Gasteiger partial charge in [0.05, 0.1) is 4.90 Å². The highest BCUT2D eigenvalue weighted by Crippen LogP contribution is 2.41. The molecule has 1 heterocycles. The lowest BCUT2D eigenvalue weighted by Crippen LogP contribution is -1.80. The summed E-state index contributed by atoms with van der Waals surface area (Å²) < 4.78 is 19.4. The zero-order chi connectivity index (χ0) is 17.2. The number of hydrogen-bond acceptors (Lipinski definition) is 2. The lowest BCUT2D eigenvalue weighted by atomic mass is 10.0. The Morgan fingerprint density at radius 1 is 0.840 bits per heavy atom. The molecule has 25 heavy (non-hydrogen) atoms. The Balaban J connectivity index is 1.90. The zero-order valence-electron chi connectivity index (χ0n) is 13.8. The first-order valence-electron chi connectivity index (χ1n) is 8.27. The van der Waals surface area contributed by atoms with E-state index in [1.165, 1.54) is 17.7 Å². The molecule has 0 N–H and O–H groups in total. The molecule has 0 unspecified atom stereocenters. The first-order chi connectivity index (χ1) is 12.3. The van der Waals surface area contributed by atoms with Gasteiger partial charge < -0.3 is 4.42 Å². The lowest BCUT2D eigenvalue weighted by molar-refractivity contribution is 0.619. The van der Waals surface area contributed by atoms with Crippen molar-refractivity contribution < 1.29 is 8.81 Å². The molecule has 0 aliphatic rings. The van der Waals surface area contributed by atoms with Crippen LogP contribution in [0.4, 0.5) is 4.39 Å². The molecule has 1 nitrogen and oxygen atoms in total. The summed E-state index contributed by atoms with van der Waals surface area (Å²) in [5, 5.41) is 1.10. The van der Waals surface area contributed by atoms with Gasteiger partial charge in [-0.15, -0.1) is 11.8 Å². The van der Waals surface area contributed by atoms with Gasteiger partial charge in [0, 0.05) is 10.9 Å². The molecule has 0 spiro atoms. The van der Waals surface area contributed by atoms with Crippen molar-refractivity contribution in [3.63, 3.8) is 0 Å². The van der Waals surface area contributed by atoms with Crippen molar-refractivity contribution in [1.82, 2.24) is 0 Å². The molecule has 0 saturated heterocycles. The fourth-order valence-corrected chi connectivity index (χ4v) is 3.86. The first-order valence-corrected chi connectivity index (χ1v) is 9.25. The monoisotopic (exact) mass is 348 g/mol. The number of hydrogen-bond donors (Lipinski definition) is 0. The summed E-state index contributed by atoms with van der Waals surface area (Å²) >= 11 is 1.75. The Hall–Kier alpha value is -2.52. The maximum atomic E-state index is 13.3. The fourth-order valence-electron chi connectivity index (χ4n) is 2.96. The number of benzene rings is 3. The number of rotatable bonds is 4. The minimum absolute atomic E-state index is 0.240. The number of furan rings is 1. The zero-order valence-corrected chi connectivity index (χ0v) is 14.6. The third-order valence-corrected chi connectivity index (χ3v) is 5.13. The highest BCUT2D eigenvalue weighted by atomic mass is 32.2. The molecule has 4 aromatic rings. The molecule has 4 rings (SSSR count). The van der Waals surface area contributed by atoms with Crippen molar-refractivity contribution in [3.05, 3.63) is 78.6 Å². The van der Waals surface area contributed by atoms with Crippen LogP contribution in [0.1, 0.15) is 6.92 Å². The topological polar surface area (TPSA) is 13.1 Å². The van der Waals surface area contributed by atoms with E-state index >= 15 is 0 Å². The van der Waals surface area contributed by atoms with E-state index in [-0.39, 0.29) is 5.82 Å². The van der Waals surface area contributed by atoms with Crippen LogP contribution in [-0.4, -0.2) is 5.75 Å². The highest BCUT2D eigenvalue weighted by Gasteiger charge is 2.17. The van der Waals surface area contributed by atoms with Crippen LogP contribution in [0.25, 0.3) is 33.4 Å². The van der Waals surface area contributed by atoms with Crippen molar-refractivity contribution in [2.24, 2.45) is 0 Å². The second kappa shape index (κ2) is 6.77. The third kappa shape index (κ3) is 3.08. The smallest absolute Gasteiger partial charge is 0.148 e. The molecule has 0 atom stereocenters. The van der Waals surface area contributed by atoms with E-state index in [9.17, 15) is 4.39 Å². The molecule has 0 aliphatic carbocycles. The summed E-state index contributed by atoms with van der Waals surface area (Å²) in [4.78, 5) is 1.11. The van der Waals surface area contributed by atoms with E-state index in [4.69, 9.17) is 4.42 Å². The Labute approximate surface area is 150 Å². The van der Waals surface area contributed by atoms with Gasteiger partial charge in [-0.2, -0.15) is 0 Å². The van der Waals surface area contributed by atoms with Gasteiger partial charge >= 0.3 is 0 Å². The molecule has 1 aromatic heterocycles. The van der Waals surface area contributed by atoms with Crippen molar-refractivity contribution in [2.45, 2.75) is 11.8 Å². The van der Waals surface area contributed by atoms with Crippen LogP contribution in [0.15, 0.2) is 82.1 Å². The van der Waals surface area contributed by atoms with Crippen LogP contribution in [-0.2, 0) is 0 Å². The second-order valence-electron chi connectivity index (χ2n) is 5.78. The van der Waals surface area contributed by atoms with Gasteiger partial charge in [0.2, 0.25) is 0 Å².